The molecule has 0 radical (unpaired) electrons. The molecule has 1 unspecified atom stereocenters. The Morgan fingerprint density at radius 1 is 1.32 bits per heavy atom. The summed E-state index contributed by atoms with van der Waals surface area (Å²) >= 11 is 0. The molecule has 2 aromatic heterocycles. The minimum Gasteiger partial charge on any atom is -0.396 e. The van der Waals surface area contributed by atoms with Crippen LogP contribution in [0.1, 0.15) is 25.7 Å². The van der Waals surface area contributed by atoms with Gasteiger partial charge in [-0.05, 0) is 37.8 Å². The standard InChI is InChI=1S/C15H19N3O/c19-9-6-13-5-1-2-8-18(13)14-11-16-10-12-4-3-7-17-15(12)14/h3-4,7,10-11,13,19H,1-2,5-6,8-9H2. The van der Waals surface area contributed by atoms with Gasteiger partial charge in [-0.25, -0.2) is 0 Å². The minimum absolute atomic E-state index is 0.243. The normalized spacial score (nSPS) is 19.8. The Balaban J connectivity index is 2.02. The molecule has 3 heterocycles. The molecule has 1 fully saturated rings. The maximum Gasteiger partial charge on any atom is 0.0966 e. The molecule has 1 saturated heterocycles. The van der Waals surface area contributed by atoms with Gasteiger partial charge in [-0.15, -0.1) is 0 Å². The Hall–Kier alpha value is -1.68. The van der Waals surface area contributed by atoms with Crippen LogP contribution in [0.5, 0.6) is 0 Å². The maximum absolute atomic E-state index is 9.24. The van der Waals surface area contributed by atoms with Gasteiger partial charge in [0.15, 0.2) is 0 Å². The molecule has 0 amide bonds. The molecule has 4 nitrogen and oxygen atoms in total. The number of nitrogens with zero attached hydrogens (tertiary/aromatic N) is 3. The molecule has 1 aliphatic heterocycles. The molecule has 0 aromatic carbocycles. The second-order valence-corrected chi connectivity index (χ2v) is 5.09. The van der Waals surface area contributed by atoms with Gasteiger partial charge in [0.25, 0.3) is 0 Å². The van der Waals surface area contributed by atoms with Gasteiger partial charge in [-0.1, -0.05) is 0 Å². The number of hydrogen-bond donors (Lipinski definition) is 1. The van der Waals surface area contributed by atoms with Crippen molar-refractivity contribution in [3.8, 4) is 0 Å². The highest BCUT2D eigenvalue weighted by molar-refractivity contribution is 5.89. The average molecular weight is 257 g/mol. The summed E-state index contributed by atoms with van der Waals surface area (Å²) in [4.78, 5) is 11.2. The quantitative estimate of drug-likeness (QED) is 0.917. The Kier molecular flexibility index (Phi) is 3.60. The van der Waals surface area contributed by atoms with Crippen molar-refractivity contribution in [1.82, 2.24) is 9.97 Å². The summed E-state index contributed by atoms with van der Waals surface area (Å²) in [7, 11) is 0. The number of pyridine rings is 2. The number of aliphatic hydroxyl groups excluding tert-OH is 1. The fourth-order valence-electron chi connectivity index (χ4n) is 2.96. The van der Waals surface area contributed by atoms with E-state index < -0.39 is 0 Å². The van der Waals surface area contributed by atoms with Crippen LogP contribution in [0.4, 0.5) is 5.69 Å². The minimum atomic E-state index is 0.243. The fourth-order valence-corrected chi connectivity index (χ4v) is 2.96. The van der Waals surface area contributed by atoms with E-state index in [1.807, 2.05) is 30.7 Å². The molecule has 1 N–H and O–H groups in total. The largest absolute Gasteiger partial charge is 0.396 e. The SMILES string of the molecule is OCCC1CCCCN1c1cncc2cccnc12. The van der Waals surface area contributed by atoms with Crippen molar-refractivity contribution < 1.29 is 5.11 Å². The number of fused-ring (bicyclic) bond motifs is 1. The van der Waals surface area contributed by atoms with Crippen LogP contribution >= 0.6 is 0 Å². The van der Waals surface area contributed by atoms with Gasteiger partial charge in [-0.2, -0.15) is 0 Å². The molecule has 0 spiro atoms. The number of rotatable bonds is 3. The summed E-state index contributed by atoms with van der Waals surface area (Å²) in [6.07, 6.45) is 10.0. The lowest BCUT2D eigenvalue weighted by molar-refractivity contribution is 0.262. The van der Waals surface area contributed by atoms with E-state index in [1.165, 1.54) is 12.8 Å². The predicted octanol–water partition coefficient (Wildman–Crippen LogP) is 2.37. The zero-order valence-electron chi connectivity index (χ0n) is 11.0. The van der Waals surface area contributed by atoms with Crippen molar-refractivity contribution in [2.45, 2.75) is 31.7 Å². The zero-order valence-corrected chi connectivity index (χ0v) is 11.0. The van der Waals surface area contributed by atoms with Crippen LogP contribution in [0, 0.1) is 0 Å². The molecule has 1 aliphatic rings. The Morgan fingerprint density at radius 2 is 2.26 bits per heavy atom. The van der Waals surface area contributed by atoms with Gasteiger partial charge in [0.2, 0.25) is 0 Å². The molecule has 3 rings (SSSR count). The third kappa shape index (κ3) is 2.40. The first-order valence-electron chi connectivity index (χ1n) is 6.96. The van der Waals surface area contributed by atoms with Crippen LogP contribution in [-0.2, 0) is 0 Å². The van der Waals surface area contributed by atoms with Crippen molar-refractivity contribution in [2.75, 3.05) is 18.1 Å². The number of piperidine rings is 1. The lowest BCUT2D eigenvalue weighted by Gasteiger charge is -2.37. The van der Waals surface area contributed by atoms with Crippen molar-refractivity contribution >= 4 is 16.6 Å². The second kappa shape index (κ2) is 5.53. The summed E-state index contributed by atoms with van der Waals surface area (Å²) in [5, 5.41) is 10.3. The Bertz CT molecular complexity index is 551. The Labute approximate surface area is 113 Å². The van der Waals surface area contributed by atoms with Crippen LogP contribution in [0.3, 0.4) is 0 Å². The molecule has 1 atom stereocenters. The number of anilines is 1. The third-order valence-electron chi connectivity index (χ3n) is 3.89. The van der Waals surface area contributed by atoms with Crippen LogP contribution in [0.2, 0.25) is 0 Å². The van der Waals surface area contributed by atoms with E-state index in [4.69, 9.17) is 0 Å². The van der Waals surface area contributed by atoms with E-state index in [9.17, 15) is 5.11 Å². The molecule has 4 heteroatoms. The van der Waals surface area contributed by atoms with Crippen molar-refractivity contribution in [3.05, 3.63) is 30.7 Å². The first kappa shape index (κ1) is 12.4. The first-order valence-corrected chi connectivity index (χ1v) is 6.96. The van der Waals surface area contributed by atoms with E-state index in [0.29, 0.717) is 6.04 Å². The van der Waals surface area contributed by atoms with E-state index >= 15 is 0 Å². The van der Waals surface area contributed by atoms with E-state index in [2.05, 4.69) is 14.9 Å². The molecular formula is C15H19N3O. The van der Waals surface area contributed by atoms with Crippen LogP contribution in [0.15, 0.2) is 30.7 Å². The Morgan fingerprint density at radius 3 is 3.16 bits per heavy atom. The summed E-state index contributed by atoms with van der Waals surface area (Å²) in [6, 6.07) is 4.40. The number of hydrogen-bond acceptors (Lipinski definition) is 4. The predicted molar refractivity (Wildman–Crippen MR) is 76.2 cm³/mol. The third-order valence-corrected chi connectivity index (χ3v) is 3.89. The van der Waals surface area contributed by atoms with E-state index in [1.54, 1.807) is 0 Å². The van der Waals surface area contributed by atoms with Crippen molar-refractivity contribution in [1.29, 1.82) is 0 Å². The fraction of sp³-hybridized carbons (Fsp3) is 0.467. The van der Waals surface area contributed by atoms with Gasteiger partial charge in [0.05, 0.1) is 17.4 Å². The molecule has 100 valence electrons. The number of aliphatic hydroxyl groups is 1. The highest BCUT2D eigenvalue weighted by atomic mass is 16.3. The molecular weight excluding hydrogens is 238 g/mol. The van der Waals surface area contributed by atoms with Gasteiger partial charge in [-0.3, -0.25) is 9.97 Å². The monoisotopic (exact) mass is 257 g/mol. The molecule has 0 bridgehead atoms. The van der Waals surface area contributed by atoms with Crippen LogP contribution in [0.25, 0.3) is 10.9 Å². The van der Waals surface area contributed by atoms with E-state index in [-0.39, 0.29) is 6.61 Å². The van der Waals surface area contributed by atoms with Crippen molar-refractivity contribution in [3.63, 3.8) is 0 Å². The van der Waals surface area contributed by atoms with E-state index in [0.717, 1.165) is 36.0 Å². The lowest BCUT2D eigenvalue weighted by Crippen LogP contribution is -2.40. The van der Waals surface area contributed by atoms with Gasteiger partial charge < -0.3 is 10.0 Å². The van der Waals surface area contributed by atoms with Gasteiger partial charge in [0, 0.05) is 37.0 Å². The zero-order chi connectivity index (χ0) is 13.1. The molecule has 19 heavy (non-hydrogen) atoms. The smallest absolute Gasteiger partial charge is 0.0966 e. The maximum atomic E-state index is 9.24. The summed E-state index contributed by atoms with van der Waals surface area (Å²) < 4.78 is 0. The lowest BCUT2D eigenvalue weighted by atomic mass is 9.98. The molecule has 0 aliphatic carbocycles. The highest BCUT2D eigenvalue weighted by Gasteiger charge is 2.24. The van der Waals surface area contributed by atoms with Gasteiger partial charge in [0.1, 0.15) is 0 Å². The summed E-state index contributed by atoms with van der Waals surface area (Å²) in [6.45, 7) is 1.27. The van der Waals surface area contributed by atoms with Crippen LogP contribution in [-0.4, -0.2) is 34.3 Å². The topological polar surface area (TPSA) is 49.2 Å². The van der Waals surface area contributed by atoms with Crippen LogP contribution < -0.4 is 4.90 Å². The van der Waals surface area contributed by atoms with Gasteiger partial charge >= 0.3 is 0 Å². The highest BCUT2D eigenvalue weighted by Crippen LogP contribution is 2.30. The first-order chi connectivity index (χ1) is 9.40. The van der Waals surface area contributed by atoms with Crippen molar-refractivity contribution in [2.24, 2.45) is 0 Å². The number of aromatic nitrogens is 2. The summed E-state index contributed by atoms with van der Waals surface area (Å²) in [5.41, 5.74) is 2.12. The molecule has 2 aromatic rings. The summed E-state index contributed by atoms with van der Waals surface area (Å²) in [5.74, 6) is 0. The molecule has 0 saturated carbocycles. The average Bonchev–Trinajstić information content (AvgIpc) is 2.48. The second-order valence-electron chi connectivity index (χ2n) is 5.09.